The van der Waals surface area contributed by atoms with E-state index in [1.165, 1.54) is 13.8 Å². The van der Waals surface area contributed by atoms with Crippen molar-refractivity contribution < 1.29 is 24.0 Å². The molecule has 0 spiro atoms. The molecule has 8 heteroatoms. The van der Waals surface area contributed by atoms with E-state index in [9.17, 15) is 14.4 Å². The predicted octanol–water partition coefficient (Wildman–Crippen LogP) is 0.322. The van der Waals surface area contributed by atoms with Crippen LogP contribution in [0.15, 0.2) is 10.6 Å². The molecule has 0 aliphatic heterocycles. The fraction of sp³-hybridized carbons (Fsp3) is 0.571. The lowest BCUT2D eigenvalue weighted by atomic mass is 9.74. The zero-order chi connectivity index (χ0) is 16.3. The van der Waals surface area contributed by atoms with E-state index in [0.29, 0.717) is 11.5 Å². The zero-order valence-corrected chi connectivity index (χ0v) is 12.5. The van der Waals surface area contributed by atoms with Gasteiger partial charge in [0, 0.05) is 26.3 Å². The molecule has 1 fully saturated rings. The van der Waals surface area contributed by atoms with Crippen molar-refractivity contribution >= 4 is 17.8 Å². The van der Waals surface area contributed by atoms with Gasteiger partial charge in [0.2, 0.25) is 11.8 Å². The molecule has 1 heterocycles. The highest BCUT2D eigenvalue weighted by Crippen LogP contribution is 2.40. The Morgan fingerprint density at radius 3 is 2.50 bits per heavy atom. The van der Waals surface area contributed by atoms with E-state index in [-0.39, 0.29) is 12.3 Å². The molecule has 1 aromatic heterocycles. The van der Waals surface area contributed by atoms with Gasteiger partial charge in [-0.1, -0.05) is 5.16 Å². The summed E-state index contributed by atoms with van der Waals surface area (Å²) < 4.78 is 5.17. The summed E-state index contributed by atoms with van der Waals surface area (Å²) in [7, 11) is 0. The Morgan fingerprint density at radius 2 is 2.05 bits per heavy atom. The molecular formula is C14H19N3O5. The summed E-state index contributed by atoms with van der Waals surface area (Å²) in [6.45, 7) is 2.69. The number of carbonyl (C=O) groups excluding carboxylic acids is 2. The summed E-state index contributed by atoms with van der Waals surface area (Å²) in [4.78, 5) is 33.5. The molecule has 3 N–H and O–H groups in total. The normalized spacial score (nSPS) is 17.2. The molecule has 8 nitrogen and oxygen atoms in total. The Balaban J connectivity index is 2.11. The van der Waals surface area contributed by atoms with Gasteiger partial charge in [0.05, 0.1) is 5.54 Å². The van der Waals surface area contributed by atoms with E-state index in [2.05, 4.69) is 15.8 Å². The molecule has 0 radical (unpaired) electrons. The smallest absolute Gasteiger partial charge is 0.326 e. The maximum Gasteiger partial charge on any atom is 0.326 e. The highest BCUT2D eigenvalue weighted by atomic mass is 16.5. The van der Waals surface area contributed by atoms with Gasteiger partial charge >= 0.3 is 5.97 Å². The average Bonchev–Trinajstić information content (AvgIpc) is 2.80. The number of aliphatic carboxylic acids is 1. The molecule has 1 unspecified atom stereocenters. The molecule has 1 saturated carbocycles. The molecule has 2 amide bonds. The average molecular weight is 309 g/mol. The Morgan fingerprint density at radius 1 is 1.36 bits per heavy atom. The minimum Gasteiger partial charge on any atom is -0.480 e. The first-order chi connectivity index (χ1) is 10.3. The van der Waals surface area contributed by atoms with Crippen molar-refractivity contribution in [1.29, 1.82) is 0 Å². The van der Waals surface area contributed by atoms with Crippen molar-refractivity contribution in [2.45, 2.75) is 51.1 Å². The van der Waals surface area contributed by atoms with Crippen molar-refractivity contribution in [3.8, 4) is 0 Å². The summed E-state index contributed by atoms with van der Waals surface area (Å²) in [6, 6.07) is 0.573. The molecule has 0 bridgehead atoms. The van der Waals surface area contributed by atoms with E-state index in [1.807, 2.05) is 0 Å². The molecule has 0 aromatic carbocycles. The summed E-state index contributed by atoms with van der Waals surface area (Å²) in [5.41, 5.74) is 0.0799. The van der Waals surface area contributed by atoms with Crippen LogP contribution in [0, 0.1) is 0 Å². The first kappa shape index (κ1) is 16.0. The second-order valence-electron chi connectivity index (χ2n) is 5.59. The van der Waals surface area contributed by atoms with Crippen LogP contribution in [0.2, 0.25) is 0 Å². The fourth-order valence-electron chi connectivity index (χ4n) is 2.59. The molecular weight excluding hydrogens is 290 g/mol. The van der Waals surface area contributed by atoms with Crippen LogP contribution < -0.4 is 10.6 Å². The quantitative estimate of drug-likeness (QED) is 0.696. The summed E-state index contributed by atoms with van der Waals surface area (Å²) in [5.74, 6) is -1.37. The van der Waals surface area contributed by atoms with Gasteiger partial charge in [-0.05, 0) is 19.3 Å². The van der Waals surface area contributed by atoms with E-state index < -0.39 is 23.5 Å². The van der Waals surface area contributed by atoms with Crippen LogP contribution in [-0.2, 0) is 26.3 Å². The van der Waals surface area contributed by atoms with Crippen molar-refractivity contribution in [2.75, 3.05) is 0 Å². The van der Waals surface area contributed by atoms with Gasteiger partial charge in [-0.25, -0.2) is 4.79 Å². The Hall–Kier alpha value is -2.38. The van der Waals surface area contributed by atoms with Gasteiger partial charge in [-0.15, -0.1) is 0 Å². The third kappa shape index (κ3) is 3.44. The van der Waals surface area contributed by atoms with Crippen molar-refractivity contribution in [1.82, 2.24) is 15.8 Å². The minimum atomic E-state index is -1.15. The van der Waals surface area contributed by atoms with Crippen molar-refractivity contribution in [2.24, 2.45) is 0 Å². The lowest BCUT2D eigenvalue weighted by Crippen LogP contribution is -2.50. The lowest BCUT2D eigenvalue weighted by molar-refractivity contribution is -0.141. The number of nitrogens with zero attached hydrogens (tertiary/aromatic N) is 1. The molecule has 1 aromatic rings. The number of carbonyl (C=O) groups is 3. The standard InChI is InChI=1S/C14H19N3O5/c1-8(18)15-11(13(20)21)6-10-7-12(17-22-10)14(4-3-5-14)16-9(2)19/h7,11H,3-6H2,1-2H3,(H,15,18)(H,16,19)(H,20,21). The molecule has 1 atom stereocenters. The van der Waals surface area contributed by atoms with Crippen molar-refractivity contribution in [3.05, 3.63) is 17.5 Å². The maximum absolute atomic E-state index is 11.3. The maximum atomic E-state index is 11.3. The van der Waals surface area contributed by atoms with Crippen molar-refractivity contribution in [3.63, 3.8) is 0 Å². The minimum absolute atomic E-state index is 0.00192. The van der Waals surface area contributed by atoms with Gasteiger partial charge in [-0.2, -0.15) is 0 Å². The highest BCUT2D eigenvalue weighted by Gasteiger charge is 2.42. The largest absolute Gasteiger partial charge is 0.480 e. The van der Waals surface area contributed by atoms with Crippen LogP contribution in [0.4, 0.5) is 0 Å². The Labute approximate surface area is 127 Å². The van der Waals surface area contributed by atoms with Crippen LogP contribution in [0.1, 0.15) is 44.6 Å². The number of carboxylic acid groups (broad SMARTS) is 1. The first-order valence-corrected chi connectivity index (χ1v) is 7.07. The monoisotopic (exact) mass is 309 g/mol. The van der Waals surface area contributed by atoms with Gasteiger partial charge in [0.25, 0.3) is 0 Å². The second kappa shape index (κ2) is 6.17. The number of hydrogen-bond acceptors (Lipinski definition) is 5. The topological polar surface area (TPSA) is 122 Å². The predicted molar refractivity (Wildman–Crippen MR) is 74.8 cm³/mol. The van der Waals surface area contributed by atoms with E-state index in [4.69, 9.17) is 9.63 Å². The van der Waals surface area contributed by atoms with Gasteiger partial charge in [0.1, 0.15) is 17.5 Å². The van der Waals surface area contributed by atoms with Crippen LogP contribution >= 0.6 is 0 Å². The van der Waals surface area contributed by atoms with E-state index in [0.717, 1.165) is 19.3 Å². The molecule has 1 aliphatic rings. The first-order valence-electron chi connectivity index (χ1n) is 7.07. The number of carboxylic acids is 1. The molecule has 120 valence electrons. The van der Waals surface area contributed by atoms with Crippen LogP contribution in [0.25, 0.3) is 0 Å². The highest BCUT2D eigenvalue weighted by molar-refractivity contribution is 5.82. The molecule has 1 aliphatic carbocycles. The number of amides is 2. The number of hydrogen-bond donors (Lipinski definition) is 3. The summed E-state index contributed by atoms with van der Waals surface area (Å²) in [5, 5.41) is 18.3. The number of rotatable bonds is 6. The number of nitrogens with one attached hydrogen (secondary N) is 2. The Kier molecular flexibility index (Phi) is 4.48. The van der Waals surface area contributed by atoms with E-state index >= 15 is 0 Å². The molecule has 22 heavy (non-hydrogen) atoms. The zero-order valence-electron chi connectivity index (χ0n) is 12.5. The van der Waals surface area contributed by atoms with Gasteiger partial charge in [0.15, 0.2) is 0 Å². The summed E-state index contributed by atoms with van der Waals surface area (Å²) >= 11 is 0. The van der Waals surface area contributed by atoms with Crippen LogP contribution in [0.5, 0.6) is 0 Å². The number of aromatic nitrogens is 1. The van der Waals surface area contributed by atoms with Crippen LogP contribution in [0.3, 0.4) is 0 Å². The third-order valence-electron chi connectivity index (χ3n) is 3.75. The second-order valence-corrected chi connectivity index (χ2v) is 5.59. The fourth-order valence-corrected chi connectivity index (χ4v) is 2.59. The van der Waals surface area contributed by atoms with E-state index in [1.54, 1.807) is 6.07 Å². The van der Waals surface area contributed by atoms with Gasteiger partial charge in [-0.3, -0.25) is 9.59 Å². The molecule has 0 saturated heterocycles. The molecule has 2 rings (SSSR count). The summed E-state index contributed by atoms with van der Waals surface area (Å²) in [6.07, 6.45) is 2.52. The lowest BCUT2D eigenvalue weighted by Gasteiger charge is -2.40. The Bertz CT molecular complexity index is 591. The third-order valence-corrected chi connectivity index (χ3v) is 3.75. The van der Waals surface area contributed by atoms with Crippen LogP contribution in [-0.4, -0.2) is 34.1 Å². The SMILES string of the molecule is CC(=O)NC(Cc1cc(C2(NC(C)=O)CCC2)no1)C(=O)O. The van der Waals surface area contributed by atoms with Gasteiger partial charge < -0.3 is 20.3 Å².